The number of rotatable bonds is 0. The van der Waals surface area contributed by atoms with Crippen molar-refractivity contribution in [1.29, 1.82) is 0 Å². The molecular formula is C15H12O. The van der Waals surface area contributed by atoms with Gasteiger partial charge in [0, 0.05) is 11.5 Å². The normalized spacial score (nSPS) is 19.2. The highest BCUT2D eigenvalue weighted by Crippen LogP contribution is 2.39. The fourth-order valence-electron chi connectivity index (χ4n) is 2.41. The van der Waals surface area contributed by atoms with E-state index in [1.165, 1.54) is 0 Å². The van der Waals surface area contributed by atoms with Gasteiger partial charge in [-0.05, 0) is 21.9 Å². The van der Waals surface area contributed by atoms with Crippen molar-refractivity contribution < 1.29 is 4.79 Å². The zero-order valence-corrected chi connectivity index (χ0v) is 9.16. The zero-order valence-electron chi connectivity index (χ0n) is 9.16. The average molecular weight is 208 g/mol. The summed E-state index contributed by atoms with van der Waals surface area (Å²) < 4.78 is 0. The lowest BCUT2D eigenvalue weighted by Crippen LogP contribution is -2.02. The molecule has 0 saturated heterocycles. The van der Waals surface area contributed by atoms with Crippen LogP contribution in [-0.4, -0.2) is 5.78 Å². The molecule has 0 aliphatic heterocycles. The van der Waals surface area contributed by atoms with Crippen molar-refractivity contribution >= 4 is 22.1 Å². The Hall–Kier alpha value is -1.89. The standard InChI is InChI=1S/C15H12O/c1-9-10(2)15(16)14-12(9)8-7-11-5-3-4-6-13(11)14/h3-8,10H,1H2,2H3. The molecule has 3 rings (SSSR count). The van der Waals surface area contributed by atoms with Gasteiger partial charge in [-0.2, -0.15) is 0 Å². The van der Waals surface area contributed by atoms with Gasteiger partial charge >= 0.3 is 0 Å². The van der Waals surface area contributed by atoms with Crippen LogP contribution in [0.15, 0.2) is 43.0 Å². The Morgan fingerprint density at radius 1 is 1.12 bits per heavy atom. The Morgan fingerprint density at radius 3 is 2.69 bits per heavy atom. The summed E-state index contributed by atoms with van der Waals surface area (Å²) in [4.78, 5) is 12.2. The zero-order chi connectivity index (χ0) is 11.3. The van der Waals surface area contributed by atoms with Crippen molar-refractivity contribution in [3.8, 4) is 0 Å². The summed E-state index contributed by atoms with van der Waals surface area (Å²) in [5, 5.41) is 2.17. The highest BCUT2D eigenvalue weighted by molar-refractivity contribution is 6.20. The first-order chi connectivity index (χ1) is 7.70. The second kappa shape index (κ2) is 3.05. The predicted octanol–water partition coefficient (Wildman–Crippen LogP) is 3.69. The Morgan fingerprint density at radius 2 is 1.88 bits per heavy atom. The molecule has 0 saturated carbocycles. The Bertz CT molecular complexity index is 622. The molecule has 16 heavy (non-hydrogen) atoms. The molecule has 1 aliphatic rings. The number of Topliss-reactive ketones (excluding diaryl/α,β-unsaturated/α-hetero) is 1. The molecule has 1 heteroatoms. The molecule has 0 heterocycles. The highest BCUT2D eigenvalue weighted by Gasteiger charge is 2.31. The second-order valence-corrected chi connectivity index (χ2v) is 4.32. The maximum Gasteiger partial charge on any atom is 0.171 e. The third kappa shape index (κ3) is 1.03. The lowest BCUT2D eigenvalue weighted by Gasteiger charge is -2.03. The van der Waals surface area contributed by atoms with Gasteiger partial charge in [-0.3, -0.25) is 4.79 Å². The molecule has 1 aliphatic carbocycles. The van der Waals surface area contributed by atoms with Crippen LogP contribution in [0.25, 0.3) is 16.3 Å². The Balaban J connectivity index is 2.46. The van der Waals surface area contributed by atoms with E-state index in [1.807, 2.05) is 37.3 Å². The van der Waals surface area contributed by atoms with Crippen LogP contribution < -0.4 is 0 Å². The van der Waals surface area contributed by atoms with Crippen LogP contribution in [-0.2, 0) is 0 Å². The van der Waals surface area contributed by atoms with Gasteiger partial charge in [0.2, 0.25) is 0 Å². The van der Waals surface area contributed by atoms with Crippen molar-refractivity contribution in [3.63, 3.8) is 0 Å². The summed E-state index contributed by atoms with van der Waals surface area (Å²) in [5.41, 5.74) is 2.83. The van der Waals surface area contributed by atoms with Crippen LogP contribution in [0.1, 0.15) is 22.8 Å². The largest absolute Gasteiger partial charge is 0.293 e. The molecule has 1 unspecified atom stereocenters. The molecule has 2 aromatic rings. The summed E-state index contributed by atoms with van der Waals surface area (Å²) in [7, 11) is 0. The van der Waals surface area contributed by atoms with E-state index in [1.54, 1.807) is 0 Å². The number of ketones is 1. The summed E-state index contributed by atoms with van der Waals surface area (Å²) >= 11 is 0. The number of allylic oxidation sites excluding steroid dienone is 1. The van der Waals surface area contributed by atoms with Gasteiger partial charge < -0.3 is 0 Å². The molecule has 0 amide bonds. The number of carbonyl (C=O) groups excluding carboxylic acids is 1. The van der Waals surface area contributed by atoms with Gasteiger partial charge in [0.1, 0.15) is 0 Å². The van der Waals surface area contributed by atoms with Crippen LogP contribution in [0.2, 0.25) is 0 Å². The minimum Gasteiger partial charge on any atom is -0.293 e. The average Bonchev–Trinajstić information content (AvgIpc) is 2.55. The van der Waals surface area contributed by atoms with Gasteiger partial charge in [0.15, 0.2) is 5.78 Å². The van der Waals surface area contributed by atoms with Gasteiger partial charge in [0.25, 0.3) is 0 Å². The van der Waals surface area contributed by atoms with E-state index in [-0.39, 0.29) is 11.7 Å². The topological polar surface area (TPSA) is 17.1 Å². The molecule has 0 fully saturated rings. The van der Waals surface area contributed by atoms with Crippen molar-refractivity contribution in [2.75, 3.05) is 0 Å². The van der Waals surface area contributed by atoms with Gasteiger partial charge in [-0.15, -0.1) is 0 Å². The Kier molecular flexibility index (Phi) is 1.78. The lowest BCUT2D eigenvalue weighted by molar-refractivity contribution is 0.0967. The van der Waals surface area contributed by atoms with Crippen LogP contribution in [0.3, 0.4) is 0 Å². The van der Waals surface area contributed by atoms with Crippen LogP contribution in [0.5, 0.6) is 0 Å². The van der Waals surface area contributed by atoms with Crippen LogP contribution in [0, 0.1) is 5.92 Å². The molecule has 1 nitrogen and oxygen atoms in total. The van der Waals surface area contributed by atoms with E-state index in [9.17, 15) is 4.79 Å². The van der Waals surface area contributed by atoms with Crippen molar-refractivity contribution in [2.24, 2.45) is 5.92 Å². The monoisotopic (exact) mass is 208 g/mol. The molecule has 78 valence electrons. The maximum absolute atomic E-state index is 12.2. The number of fused-ring (bicyclic) bond motifs is 3. The third-order valence-corrected chi connectivity index (χ3v) is 3.44. The minimum atomic E-state index is -0.0687. The molecule has 0 bridgehead atoms. The van der Waals surface area contributed by atoms with E-state index in [0.717, 1.165) is 27.5 Å². The Labute approximate surface area is 94.4 Å². The molecule has 0 spiro atoms. The van der Waals surface area contributed by atoms with Gasteiger partial charge in [0.05, 0.1) is 0 Å². The van der Waals surface area contributed by atoms with E-state index >= 15 is 0 Å². The first kappa shape index (κ1) is 9.34. The first-order valence-electron chi connectivity index (χ1n) is 5.45. The summed E-state index contributed by atoms with van der Waals surface area (Å²) in [6.07, 6.45) is 0. The van der Waals surface area contributed by atoms with E-state index in [4.69, 9.17) is 0 Å². The number of hydrogen-bond donors (Lipinski definition) is 0. The second-order valence-electron chi connectivity index (χ2n) is 4.32. The fourth-order valence-corrected chi connectivity index (χ4v) is 2.41. The van der Waals surface area contributed by atoms with Crippen LogP contribution >= 0.6 is 0 Å². The highest BCUT2D eigenvalue weighted by atomic mass is 16.1. The predicted molar refractivity (Wildman–Crippen MR) is 66.5 cm³/mol. The van der Waals surface area contributed by atoms with Crippen LogP contribution in [0.4, 0.5) is 0 Å². The lowest BCUT2D eigenvalue weighted by atomic mass is 10.00. The van der Waals surface area contributed by atoms with E-state index < -0.39 is 0 Å². The summed E-state index contributed by atoms with van der Waals surface area (Å²) in [6, 6.07) is 12.1. The SMILES string of the molecule is C=C1c2ccc3ccccc3c2C(=O)C1C. The van der Waals surface area contributed by atoms with Gasteiger partial charge in [-0.25, -0.2) is 0 Å². The molecule has 1 atom stereocenters. The number of benzene rings is 2. The fraction of sp³-hybridized carbons (Fsp3) is 0.133. The van der Waals surface area contributed by atoms with E-state index in [0.29, 0.717) is 0 Å². The maximum atomic E-state index is 12.2. The molecule has 2 aromatic carbocycles. The van der Waals surface area contributed by atoms with Crippen molar-refractivity contribution in [1.82, 2.24) is 0 Å². The summed E-state index contributed by atoms with van der Waals surface area (Å²) in [5.74, 6) is 0.137. The van der Waals surface area contributed by atoms with Crippen molar-refractivity contribution in [2.45, 2.75) is 6.92 Å². The molecule has 0 radical (unpaired) electrons. The smallest absolute Gasteiger partial charge is 0.171 e. The molecular weight excluding hydrogens is 196 g/mol. The van der Waals surface area contributed by atoms with E-state index in [2.05, 4.69) is 12.6 Å². The quantitative estimate of drug-likeness (QED) is 0.645. The van der Waals surface area contributed by atoms with Gasteiger partial charge in [-0.1, -0.05) is 49.9 Å². The summed E-state index contributed by atoms with van der Waals surface area (Å²) in [6.45, 7) is 5.94. The number of carbonyl (C=O) groups is 1. The first-order valence-corrected chi connectivity index (χ1v) is 5.45. The van der Waals surface area contributed by atoms with Crippen molar-refractivity contribution in [3.05, 3.63) is 54.1 Å². The molecule has 0 N–H and O–H groups in total. The minimum absolute atomic E-state index is 0.0687. The third-order valence-electron chi connectivity index (χ3n) is 3.44. The molecule has 0 aromatic heterocycles. The number of hydrogen-bond acceptors (Lipinski definition) is 1.